The fraction of sp³-hybridized carbons (Fsp3) is 0.111. The van der Waals surface area contributed by atoms with E-state index in [4.69, 9.17) is 9.56 Å². The summed E-state index contributed by atoms with van der Waals surface area (Å²) in [7, 11) is -2.59. The van der Waals surface area contributed by atoms with E-state index in [9.17, 15) is 18.4 Å². The highest BCUT2D eigenvalue weighted by Crippen LogP contribution is 2.33. The van der Waals surface area contributed by atoms with Crippen molar-refractivity contribution in [2.45, 2.75) is 11.3 Å². The summed E-state index contributed by atoms with van der Waals surface area (Å²) in [5.41, 5.74) is 1.79. The molecule has 2 aromatic carbocycles. The number of sulfonamides is 1. The number of hydroxylamine groups is 2. The molecule has 1 aromatic heterocycles. The number of oxazole rings is 1. The van der Waals surface area contributed by atoms with Crippen LogP contribution in [0.3, 0.4) is 0 Å². The van der Waals surface area contributed by atoms with E-state index in [0.717, 1.165) is 5.56 Å². The third kappa shape index (κ3) is 4.22. The molecule has 0 spiro atoms. The summed E-state index contributed by atoms with van der Waals surface area (Å²) in [4.78, 5) is 16.1. The number of primary sulfonamides is 1. The van der Waals surface area contributed by atoms with Crippen molar-refractivity contribution < 1.29 is 22.8 Å². The number of hydrogen-bond acceptors (Lipinski definition) is 6. The maximum Gasteiger partial charge on any atom is 0.254 e. The van der Waals surface area contributed by atoms with Crippen LogP contribution >= 0.6 is 0 Å². The van der Waals surface area contributed by atoms with Gasteiger partial charge in [0, 0.05) is 18.2 Å². The number of benzene rings is 2. The van der Waals surface area contributed by atoms with E-state index >= 15 is 0 Å². The van der Waals surface area contributed by atoms with Gasteiger partial charge in [-0.05, 0) is 12.1 Å². The van der Waals surface area contributed by atoms with Crippen molar-refractivity contribution in [1.29, 1.82) is 0 Å². The predicted octanol–water partition coefficient (Wildman–Crippen LogP) is 2.05. The van der Waals surface area contributed by atoms with Crippen molar-refractivity contribution in [1.82, 2.24) is 10.0 Å². The van der Waals surface area contributed by atoms with Crippen LogP contribution in [0.5, 0.6) is 0 Å². The minimum absolute atomic E-state index is 0.0201. The highest BCUT2D eigenvalue weighted by atomic mass is 32.2. The number of carbonyl (C=O) groups excluding carboxylic acids is 1. The van der Waals surface area contributed by atoms with E-state index in [0.29, 0.717) is 22.1 Å². The lowest BCUT2D eigenvalue weighted by Gasteiger charge is -2.05. The summed E-state index contributed by atoms with van der Waals surface area (Å²) in [5, 5.41) is 14.8. The van der Waals surface area contributed by atoms with Crippen molar-refractivity contribution in [2.75, 3.05) is 7.05 Å². The first-order valence-electron chi connectivity index (χ1n) is 7.89. The van der Waals surface area contributed by atoms with E-state index in [-0.39, 0.29) is 17.2 Å². The molecule has 3 N–H and O–H groups in total. The second-order valence-corrected chi connectivity index (χ2v) is 7.38. The molecule has 9 heteroatoms. The van der Waals surface area contributed by atoms with Crippen molar-refractivity contribution in [3.05, 3.63) is 60.5 Å². The fourth-order valence-corrected chi connectivity index (χ4v) is 2.98. The lowest BCUT2D eigenvalue weighted by molar-refractivity contribution is -0.158. The van der Waals surface area contributed by atoms with Gasteiger partial charge in [-0.25, -0.2) is 23.6 Å². The molecule has 0 saturated heterocycles. The van der Waals surface area contributed by atoms with Crippen LogP contribution in [-0.4, -0.2) is 36.6 Å². The lowest BCUT2D eigenvalue weighted by Crippen LogP contribution is -2.24. The zero-order valence-corrected chi connectivity index (χ0v) is 15.2. The van der Waals surface area contributed by atoms with E-state index in [1.807, 2.05) is 30.3 Å². The summed E-state index contributed by atoms with van der Waals surface area (Å²) in [6.07, 6.45) is -0.220. The largest absolute Gasteiger partial charge is 0.439 e. The van der Waals surface area contributed by atoms with Crippen LogP contribution in [0.2, 0.25) is 0 Å². The zero-order valence-electron chi connectivity index (χ0n) is 14.4. The zero-order chi connectivity index (χ0) is 19.6. The van der Waals surface area contributed by atoms with Gasteiger partial charge in [0.1, 0.15) is 12.1 Å². The topological polar surface area (TPSA) is 127 Å². The van der Waals surface area contributed by atoms with Crippen molar-refractivity contribution in [2.24, 2.45) is 5.14 Å². The maximum absolute atomic E-state index is 11.8. The Balaban J connectivity index is 2.07. The van der Waals surface area contributed by atoms with Crippen LogP contribution in [0.4, 0.5) is 0 Å². The molecule has 0 aliphatic heterocycles. The van der Waals surface area contributed by atoms with E-state index < -0.39 is 15.9 Å². The molecule has 0 unspecified atom stereocenters. The molecule has 0 aliphatic rings. The van der Waals surface area contributed by atoms with Gasteiger partial charge in [0.05, 0.1) is 4.90 Å². The molecule has 0 aliphatic carbocycles. The summed E-state index contributed by atoms with van der Waals surface area (Å²) in [5.74, 6) is -0.0143. The van der Waals surface area contributed by atoms with Gasteiger partial charge in [0.25, 0.3) is 5.91 Å². The molecule has 3 aromatic rings. The van der Waals surface area contributed by atoms with Gasteiger partial charge in [0.15, 0.2) is 5.76 Å². The molecule has 1 heterocycles. The number of likely N-dealkylation sites (N-methyl/N-ethyl adjacent to an activating group) is 1. The van der Waals surface area contributed by atoms with Gasteiger partial charge in [-0.1, -0.05) is 42.5 Å². The van der Waals surface area contributed by atoms with Crippen LogP contribution in [0.1, 0.15) is 5.89 Å². The number of aromatic nitrogens is 1. The van der Waals surface area contributed by atoms with Crippen molar-refractivity contribution in [3.63, 3.8) is 0 Å². The van der Waals surface area contributed by atoms with Gasteiger partial charge in [0.2, 0.25) is 15.9 Å². The Morgan fingerprint density at radius 3 is 2.30 bits per heavy atom. The van der Waals surface area contributed by atoms with E-state index in [1.54, 1.807) is 12.1 Å². The summed E-state index contributed by atoms with van der Waals surface area (Å²) in [6.45, 7) is 0. The molecule has 8 nitrogen and oxygen atoms in total. The number of hydrogen-bond donors (Lipinski definition) is 2. The van der Waals surface area contributed by atoms with Gasteiger partial charge in [-0.2, -0.15) is 0 Å². The van der Waals surface area contributed by atoms with E-state index in [2.05, 4.69) is 4.98 Å². The fourth-order valence-electron chi connectivity index (χ4n) is 2.47. The van der Waals surface area contributed by atoms with Crippen LogP contribution in [-0.2, 0) is 21.2 Å². The molecule has 0 radical (unpaired) electrons. The van der Waals surface area contributed by atoms with Crippen LogP contribution in [0.15, 0.2) is 63.9 Å². The number of amides is 1. The standard InChI is InChI=1S/C18H17N3O5S/c1-21(23)16(22)11-15-20-17(18(26-15)13-5-3-2-4-6-13)12-7-9-14(10-8-12)27(19,24)25/h2-10,23H,11H2,1H3,(H2,19,24,25). The normalized spacial score (nSPS) is 11.4. The predicted molar refractivity (Wildman–Crippen MR) is 97.0 cm³/mol. The smallest absolute Gasteiger partial charge is 0.254 e. The third-order valence-electron chi connectivity index (χ3n) is 3.83. The average molecular weight is 387 g/mol. The van der Waals surface area contributed by atoms with Gasteiger partial charge in [-0.15, -0.1) is 0 Å². The van der Waals surface area contributed by atoms with Gasteiger partial charge in [-0.3, -0.25) is 10.0 Å². The Morgan fingerprint density at radius 2 is 1.74 bits per heavy atom. The summed E-state index contributed by atoms with van der Waals surface area (Å²) < 4.78 is 28.6. The molecule has 0 saturated carbocycles. The van der Waals surface area contributed by atoms with Gasteiger partial charge < -0.3 is 4.42 Å². The highest BCUT2D eigenvalue weighted by Gasteiger charge is 2.20. The monoisotopic (exact) mass is 387 g/mol. The Labute approximate surface area is 155 Å². The first kappa shape index (κ1) is 18.8. The molecule has 0 fully saturated rings. The maximum atomic E-state index is 11.8. The van der Waals surface area contributed by atoms with Crippen LogP contribution < -0.4 is 5.14 Å². The summed E-state index contributed by atoms with van der Waals surface area (Å²) in [6, 6.07) is 15.0. The SMILES string of the molecule is CN(O)C(=O)Cc1nc(-c2ccc(S(N)(=O)=O)cc2)c(-c2ccccc2)o1. The minimum atomic E-state index is -3.81. The molecule has 1 amide bonds. The second kappa shape index (κ2) is 7.31. The molecular formula is C18H17N3O5S. The van der Waals surface area contributed by atoms with E-state index in [1.165, 1.54) is 19.2 Å². The Kier molecular flexibility index (Phi) is 5.08. The lowest BCUT2D eigenvalue weighted by atomic mass is 10.1. The molecule has 3 rings (SSSR count). The molecule has 0 bridgehead atoms. The Morgan fingerprint density at radius 1 is 1.11 bits per heavy atom. The number of rotatable bonds is 5. The van der Waals surface area contributed by atoms with Gasteiger partial charge >= 0.3 is 0 Å². The Bertz CT molecular complexity index is 1060. The summed E-state index contributed by atoms with van der Waals surface area (Å²) >= 11 is 0. The van der Waals surface area contributed by atoms with Crippen LogP contribution in [0.25, 0.3) is 22.6 Å². The first-order chi connectivity index (χ1) is 12.8. The third-order valence-corrected chi connectivity index (χ3v) is 4.76. The quantitative estimate of drug-likeness (QED) is 0.509. The number of nitrogens with two attached hydrogens (primary N) is 1. The number of nitrogens with zero attached hydrogens (tertiary/aromatic N) is 2. The Hall–Kier alpha value is -3.01. The molecule has 140 valence electrons. The van der Waals surface area contributed by atoms with Crippen molar-refractivity contribution in [3.8, 4) is 22.6 Å². The highest BCUT2D eigenvalue weighted by molar-refractivity contribution is 7.89. The van der Waals surface area contributed by atoms with Crippen molar-refractivity contribution >= 4 is 15.9 Å². The second-order valence-electron chi connectivity index (χ2n) is 5.81. The molecule has 27 heavy (non-hydrogen) atoms. The molecular weight excluding hydrogens is 370 g/mol. The van der Waals surface area contributed by atoms with Crippen LogP contribution in [0, 0.1) is 0 Å². The minimum Gasteiger partial charge on any atom is -0.439 e. The first-order valence-corrected chi connectivity index (χ1v) is 9.44. The number of carbonyl (C=O) groups is 1. The molecule has 0 atom stereocenters. The average Bonchev–Trinajstić information content (AvgIpc) is 3.05.